The van der Waals surface area contributed by atoms with Crippen molar-refractivity contribution in [3.05, 3.63) is 17.7 Å². The highest BCUT2D eigenvalue weighted by Gasteiger charge is 2.08. The molecule has 12 heavy (non-hydrogen) atoms. The van der Waals surface area contributed by atoms with Crippen LogP contribution in [0.4, 0.5) is 11.4 Å². The highest BCUT2D eigenvalue weighted by atomic mass is 16.4. The van der Waals surface area contributed by atoms with E-state index in [0.717, 1.165) is 12.1 Å². The predicted molar refractivity (Wildman–Crippen MR) is 43.9 cm³/mol. The Balaban J connectivity index is 3.31. The van der Waals surface area contributed by atoms with E-state index in [2.05, 4.69) is 0 Å². The minimum Gasteiger partial charge on any atom is -0.504 e. The van der Waals surface area contributed by atoms with E-state index in [4.69, 9.17) is 21.7 Å². The van der Waals surface area contributed by atoms with Gasteiger partial charge in [-0.15, -0.1) is 0 Å². The number of anilines is 2. The number of hydrogen-bond donors (Lipinski definition) is 4. The van der Waals surface area contributed by atoms with Gasteiger partial charge >= 0.3 is 5.97 Å². The van der Waals surface area contributed by atoms with Crippen molar-refractivity contribution in [3.8, 4) is 5.75 Å². The molecule has 0 fully saturated rings. The molecule has 5 nitrogen and oxygen atoms in total. The summed E-state index contributed by atoms with van der Waals surface area (Å²) in [6.45, 7) is 0. The number of hydrogen-bond acceptors (Lipinski definition) is 4. The highest BCUT2D eigenvalue weighted by Crippen LogP contribution is 2.28. The summed E-state index contributed by atoms with van der Waals surface area (Å²) in [5, 5.41) is 17.6. The molecule has 5 heteroatoms. The average molecular weight is 168 g/mol. The van der Waals surface area contributed by atoms with Crippen LogP contribution in [-0.2, 0) is 0 Å². The fraction of sp³-hybridized carbons (Fsp3) is 0. The zero-order valence-electron chi connectivity index (χ0n) is 6.11. The number of benzene rings is 1. The summed E-state index contributed by atoms with van der Waals surface area (Å²) in [5.41, 5.74) is 10.4. The quantitative estimate of drug-likeness (QED) is 0.355. The number of nitrogen functional groups attached to an aromatic ring is 2. The minimum absolute atomic E-state index is 0.0348. The molecule has 1 aromatic carbocycles. The summed E-state index contributed by atoms with van der Waals surface area (Å²) in [6, 6.07) is 2.29. The van der Waals surface area contributed by atoms with Crippen LogP contribution in [0, 0.1) is 0 Å². The Hall–Kier alpha value is -1.91. The summed E-state index contributed by atoms with van der Waals surface area (Å²) in [7, 11) is 0. The second kappa shape index (κ2) is 2.61. The largest absolute Gasteiger partial charge is 0.504 e. The van der Waals surface area contributed by atoms with Crippen molar-refractivity contribution in [2.24, 2.45) is 0 Å². The molecule has 0 heterocycles. The molecule has 0 aliphatic heterocycles. The van der Waals surface area contributed by atoms with Crippen molar-refractivity contribution in [1.82, 2.24) is 0 Å². The lowest BCUT2D eigenvalue weighted by Gasteiger charge is -2.03. The maximum atomic E-state index is 10.4. The zero-order chi connectivity index (χ0) is 9.30. The zero-order valence-corrected chi connectivity index (χ0v) is 6.11. The van der Waals surface area contributed by atoms with Gasteiger partial charge in [0.1, 0.15) is 0 Å². The van der Waals surface area contributed by atoms with Crippen molar-refractivity contribution in [1.29, 1.82) is 0 Å². The van der Waals surface area contributed by atoms with E-state index in [9.17, 15) is 4.79 Å². The summed E-state index contributed by atoms with van der Waals surface area (Å²) in [4.78, 5) is 10.4. The normalized spacial score (nSPS) is 9.67. The Morgan fingerprint density at radius 2 is 1.67 bits per heavy atom. The molecule has 0 radical (unpaired) electrons. The topological polar surface area (TPSA) is 110 Å². The molecule has 0 aromatic heterocycles. The summed E-state index contributed by atoms with van der Waals surface area (Å²) < 4.78 is 0. The third kappa shape index (κ3) is 1.24. The first kappa shape index (κ1) is 8.19. The van der Waals surface area contributed by atoms with Crippen LogP contribution in [0.2, 0.25) is 0 Å². The van der Waals surface area contributed by atoms with Gasteiger partial charge in [0.15, 0.2) is 5.75 Å². The van der Waals surface area contributed by atoms with Gasteiger partial charge in [0.25, 0.3) is 0 Å². The molecule has 1 aromatic rings. The molecule has 0 saturated carbocycles. The van der Waals surface area contributed by atoms with Gasteiger partial charge < -0.3 is 21.7 Å². The van der Waals surface area contributed by atoms with Gasteiger partial charge in [-0.25, -0.2) is 4.79 Å². The first-order chi connectivity index (χ1) is 5.52. The average Bonchev–Trinajstić information content (AvgIpc) is 1.99. The minimum atomic E-state index is -1.13. The molecule has 0 atom stereocenters. The summed E-state index contributed by atoms with van der Waals surface area (Å²) in [6.07, 6.45) is 0. The number of aromatic hydroxyl groups is 1. The van der Waals surface area contributed by atoms with E-state index in [1.807, 2.05) is 0 Å². The Kier molecular flexibility index (Phi) is 1.78. The van der Waals surface area contributed by atoms with E-state index < -0.39 is 5.97 Å². The maximum absolute atomic E-state index is 10.4. The Morgan fingerprint density at radius 1 is 1.25 bits per heavy atom. The Labute approximate surface area is 68.2 Å². The van der Waals surface area contributed by atoms with Crippen LogP contribution in [-0.4, -0.2) is 16.2 Å². The molecule has 0 bridgehead atoms. The smallest absolute Gasteiger partial charge is 0.335 e. The van der Waals surface area contributed by atoms with Crippen molar-refractivity contribution in [3.63, 3.8) is 0 Å². The number of rotatable bonds is 1. The number of nitrogens with two attached hydrogens (primary N) is 2. The second-order valence-electron chi connectivity index (χ2n) is 2.31. The fourth-order valence-electron chi connectivity index (χ4n) is 0.804. The number of phenols is 1. The van der Waals surface area contributed by atoms with Gasteiger partial charge in [0.05, 0.1) is 16.9 Å². The third-order valence-corrected chi connectivity index (χ3v) is 1.42. The Morgan fingerprint density at radius 3 is 2.00 bits per heavy atom. The molecule has 6 N–H and O–H groups in total. The van der Waals surface area contributed by atoms with Crippen LogP contribution < -0.4 is 11.5 Å². The van der Waals surface area contributed by atoms with Crippen LogP contribution >= 0.6 is 0 Å². The number of carbonyl (C=O) groups is 1. The lowest BCUT2D eigenvalue weighted by molar-refractivity contribution is 0.0697. The van der Waals surface area contributed by atoms with Crippen LogP contribution in [0.1, 0.15) is 10.4 Å². The van der Waals surface area contributed by atoms with Crippen molar-refractivity contribution < 1.29 is 15.0 Å². The van der Waals surface area contributed by atoms with Gasteiger partial charge in [0.2, 0.25) is 0 Å². The van der Waals surface area contributed by atoms with E-state index in [-0.39, 0.29) is 22.7 Å². The van der Waals surface area contributed by atoms with E-state index in [1.54, 1.807) is 0 Å². The van der Waals surface area contributed by atoms with E-state index >= 15 is 0 Å². The molecule has 0 saturated heterocycles. The molecular formula is C7H8N2O3. The first-order valence-corrected chi connectivity index (χ1v) is 3.13. The van der Waals surface area contributed by atoms with Gasteiger partial charge in [-0.05, 0) is 12.1 Å². The highest BCUT2D eigenvalue weighted by molar-refractivity contribution is 5.91. The maximum Gasteiger partial charge on any atom is 0.335 e. The summed E-state index contributed by atoms with van der Waals surface area (Å²) in [5.74, 6) is -1.41. The lowest BCUT2D eigenvalue weighted by Crippen LogP contribution is -2.00. The van der Waals surface area contributed by atoms with E-state index in [0.29, 0.717) is 0 Å². The van der Waals surface area contributed by atoms with Crippen LogP contribution in [0.25, 0.3) is 0 Å². The molecule has 0 aliphatic carbocycles. The number of phenolic OH excluding ortho intramolecular Hbond substituents is 1. The standard InChI is InChI=1S/C7H8N2O3/c8-4-1-3(7(11)12)2-5(9)6(4)10/h1-2,10H,8-9H2,(H,11,12). The fourth-order valence-corrected chi connectivity index (χ4v) is 0.804. The van der Waals surface area contributed by atoms with Gasteiger partial charge in [-0.1, -0.05) is 0 Å². The number of carboxylic acid groups (broad SMARTS) is 1. The molecule has 0 unspecified atom stereocenters. The summed E-state index contributed by atoms with van der Waals surface area (Å²) >= 11 is 0. The van der Waals surface area contributed by atoms with Gasteiger partial charge in [-0.3, -0.25) is 0 Å². The van der Waals surface area contributed by atoms with Crippen molar-refractivity contribution in [2.45, 2.75) is 0 Å². The van der Waals surface area contributed by atoms with Gasteiger partial charge in [0, 0.05) is 0 Å². The monoisotopic (exact) mass is 168 g/mol. The van der Waals surface area contributed by atoms with Crippen LogP contribution in [0.3, 0.4) is 0 Å². The van der Waals surface area contributed by atoms with Crippen molar-refractivity contribution >= 4 is 17.3 Å². The molecule has 0 amide bonds. The van der Waals surface area contributed by atoms with Crippen LogP contribution in [0.5, 0.6) is 5.75 Å². The molecule has 64 valence electrons. The van der Waals surface area contributed by atoms with Crippen LogP contribution in [0.15, 0.2) is 12.1 Å². The second-order valence-corrected chi connectivity index (χ2v) is 2.31. The lowest BCUT2D eigenvalue weighted by atomic mass is 10.1. The molecule has 0 spiro atoms. The predicted octanol–water partition coefficient (Wildman–Crippen LogP) is 0.255. The SMILES string of the molecule is Nc1cc(C(=O)O)cc(N)c1O. The number of aromatic carboxylic acids is 1. The molecular weight excluding hydrogens is 160 g/mol. The Bertz CT molecular complexity index is 312. The molecule has 1 rings (SSSR count). The first-order valence-electron chi connectivity index (χ1n) is 3.13. The third-order valence-electron chi connectivity index (χ3n) is 1.42. The van der Waals surface area contributed by atoms with E-state index in [1.165, 1.54) is 0 Å². The number of carboxylic acids is 1. The molecule has 0 aliphatic rings. The van der Waals surface area contributed by atoms with Gasteiger partial charge in [-0.2, -0.15) is 0 Å². The van der Waals surface area contributed by atoms with Crippen molar-refractivity contribution in [2.75, 3.05) is 11.5 Å².